The maximum atomic E-state index is 13.2. The van der Waals surface area contributed by atoms with Crippen LogP contribution in [-0.4, -0.2) is 76.1 Å². The van der Waals surface area contributed by atoms with Crippen LogP contribution in [0, 0.1) is 5.92 Å². The zero-order chi connectivity index (χ0) is 27.8. The molecule has 1 saturated heterocycles. The first kappa shape index (κ1) is 30.8. The summed E-state index contributed by atoms with van der Waals surface area (Å²) in [4.78, 5) is 27.4. The Labute approximate surface area is 215 Å². The maximum Gasteiger partial charge on any atom is 0.416 e. The third kappa shape index (κ3) is 8.80. The summed E-state index contributed by atoms with van der Waals surface area (Å²) in [5.41, 5.74) is -0.503. The molecule has 1 heterocycles. The van der Waals surface area contributed by atoms with Crippen LogP contribution in [0.15, 0.2) is 36.4 Å². The van der Waals surface area contributed by atoms with Crippen molar-refractivity contribution >= 4 is 11.8 Å². The fraction of sp³-hybridized carbons (Fsp3) is 0.615. The number of carbonyl (C=O) groups excluding carboxylic acids is 2. The van der Waals surface area contributed by atoms with Crippen molar-refractivity contribution in [1.29, 1.82) is 0 Å². The van der Waals surface area contributed by atoms with Crippen molar-refractivity contribution in [1.82, 2.24) is 10.2 Å². The van der Waals surface area contributed by atoms with E-state index in [2.05, 4.69) is 5.32 Å². The highest BCUT2D eigenvalue weighted by Crippen LogP contribution is 2.30. The van der Waals surface area contributed by atoms with Crippen LogP contribution < -0.4 is 5.32 Å². The molecule has 1 aliphatic rings. The van der Waals surface area contributed by atoms with Crippen LogP contribution in [0.5, 0.6) is 0 Å². The molecule has 6 atom stereocenters. The number of allylic oxidation sites excluding steroid dienone is 1. The molecular formula is C26H37F3N2O6. The molecule has 0 radical (unpaired) electrons. The van der Waals surface area contributed by atoms with E-state index in [9.17, 15) is 38.1 Å². The van der Waals surface area contributed by atoms with Crippen LogP contribution in [0.4, 0.5) is 13.2 Å². The van der Waals surface area contributed by atoms with Crippen molar-refractivity contribution in [3.05, 3.63) is 47.5 Å². The number of hydrogen-bond acceptors (Lipinski definition) is 6. The molecule has 0 spiro atoms. The number of aliphatic hydroxyl groups is 3. The van der Waals surface area contributed by atoms with E-state index in [4.69, 9.17) is 4.74 Å². The van der Waals surface area contributed by atoms with Gasteiger partial charge in [-0.2, -0.15) is 13.2 Å². The molecular weight excluding hydrogens is 493 g/mol. The first-order valence-electron chi connectivity index (χ1n) is 12.4. The normalized spacial score (nSPS) is 21.3. The summed E-state index contributed by atoms with van der Waals surface area (Å²) in [6.07, 6.45) is -5.73. The smallest absolute Gasteiger partial charge is 0.387 e. The molecule has 1 aromatic rings. The third-order valence-corrected chi connectivity index (χ3v) is 6.53. The van der Waals surface area contributed by atoms with Crippen LogP contribution in [0.1, 0.15) is 50.7 Å². The minimum Gasteiger partial charge on any atom is -0.387 e. The molecule has 1 aromatic carbocycles. The zero-order valence-electron chi connectivity index (χ0n) is 21.3. The number of amides is 2. The van der Waals surface area contributed by atoms with Gasteiger partial charge < -0.3 is 30.3 Å². The lowest BCUT2D eigenvalue weighted by atomic mass is 9.99. The van der Waals surface area contributed by atoms with Crippen molar-refractivity contribution < 1.29 is 42.8 Å². The van der Waals surface area contributed by atoms with E-state index in [1.54, 1.807) is 6.08 Å². The average molecular weight is 531 g/mol. The number of likely N-dealkylation sites (tertiary alicyclic amines) is 1. The summed E-state index contributed by atoms with van der Waals surface area (Å²) in [6, 6.07) is 3.74. The molecule has 208 valence electrons. The van der Waals surface area contributed by atoms with Crippen molar-refractivity contribution in [3.8, 4) is 0 Å². The first-order valence-corrected chi connectivity index (χ1v) is 12.4. The molecule has 37 heavy (non-hydrogen) atoms. The predicted molar refractivity (Wildman–Crippen MR) is 130 cm³/mol. The molecule has 2 unspecified atom stereocenters. The van der Waals surface area contributed by atoms with Gasteiger partial charge in [-0.25, -0.2) is 0 Å². The Hall–Kier alpha value is -2.47. The fourth-order valence-corrected chi connectivity index (χ4v) is 4.05. The van der Waals surface area contributed by atoms with E-state index in [1.807, 2.05) is 13.8 Å². The minimum atomic E-state index is -4.51. The highest BCUT2D eigenvalue weighted by atomic mass is 19.4. The standard InChI is InChI=1S/C26H37F3N2O6/c1-4-16(2)11-12-20(32)21(33)22(34)23(37-3)24(35)30-19-10-5-6-13-31(25(19)36)15-17-8-7-9-18(14-17)26(27,28)29/h7-9,11-12,14,16,19-23,32-34H,4-6,10,13,15H2,1-3H3,(H,30,35)/t16?,19?,20-,21+,22-,23-/m1/s1. The van der Waals surface area contributed by atoms with E-state index >= 15 is 0 Å². The number of ether oxygens (including phenoxy) is 1. The molecule has 8 nitrogen and oxygen atoms in total. The van der Waals surface area contributed by atoms with Gasteiger partial charge in [-0.1, -0.05) is 44.6 Å². The average Bonchev–Trinajstić information content (AvgIpc) is 3.02. The summed E-state index contributed by atoms with van der Waals surface area (Å²) >= 11 is 0. The molecule has 2 amide bonds. The Morgan fingerprint density at radius 1 is 1.22 bits per heavy atom. The molecule has 11 heteroatoms. The monoisotopic (exact) mass is 530 g/mol. The SMILES string of the molecule is CCC(C)C=C[C@@H](O)[C@H](O)[C@@H](O)[C@@H](OC)C(=O)NC1CCCCN(Cc2cccc(C(F)(F)F)c2)C1=O. The van der Waals surface area contributed by atoms with Gasteiger partial charge >= 0.3 is 6.18 Å². The number of nitrogens with zero attached hydrogens (tertiary/aromatic N) is 1. The summed E-state index contributed by atoms with van der Waals surface area (Å²) in [5.74, 6) is -1.18. The molecule has 0 saturated carbocycles. The predicted octanol–water partition coefficient (Wildman–Crippen LogP) is 2.40. The molecule has 2 rings (SSSR count). The number of nitrogens with one attached hydrogen (secondary N) is 1. The van der Waals surface area contributed by atoms with Crippen molar-refractivity contribution in [2.75, 3.05) is 13.7 Å². The summed E-state index contributed by atoms with van der Waals surface area (Å²) in [6.45, 7) is 4.12. The van der Waals surface area contributed by atoms with Gasteiger partial charge in [-0.05, 0) is 42.9 Å². The second-order valence-electron chi connectivity index (χ2n) is 9.41. The number of methoxy groups -OCH3 is 1. The molecule has 0 aliphatic carbocycles. The van der Waals surface area contributed by atoms with E-state index in [1.165, 1.54) is 23.1 Å². The van der Waals surface area contributed by atoms with Gasteiger partial charge in [0.2, 0.25) is 5.91 Å². The molecule has 1 aliphatic heterocycles. The third-order valence-electron chi connectivity index (χ3n) is 6.53. The Bertz CT molecular complexity index is 926. The minimum absolute atomic E-state index is 0.0567. The summed E-state index contributed by atoms with van der Waals surface area (Å²) in [7, 11) is 1.15. The topological polar surface area (TPSA) is 119 Å². The number of alkyl halides is 3. The highest BCUT2D eigenvalue weighted by Gasteiger charge is 2.38. The van der Waals surface area contributed by atoms with Gasteiger partial charge in [-0.15, -0.1) is 0 Å². The van der Waals surface area contributed by atoms with E-state index in [0.29, 0.717) is 31.4 Å². The lowest BCUT2D eigenvalue weighted by Gasteiger charge is -2.29. The van der Waals surface area contributed by atoms with Crippen LogP contribution in [0.25, 0.3) is 0 Å². The number of rotatable bonds is 11. The second kappa shape index (κ2) is 13.9. The lowest BCUT2D eigenvalue weighted by molar-refractivity contribution is -0.151. The van der Waals surface area contributed by atoms with E-state index in [-0.39, 0.29) is 12.5 Å². The highest BCUT2D eigenvalue weighted by molar-refractivity contribution is 5.89. The van der Waals surface area contributed by atoms with Gasteiger partial charge in [0.25, 0.3) is 5.91 Å². The van der Waals surface area contributed by atoms with Crippen molar-refractivity contribution in [3.63, 3.8) is 0 Å². The van der Waals surface area contributed by atoms with Gasteiger partial charge in [0, 0.05) is 20.2 Å². The van der Waals surface area contributed by atoms with Crippen molar-refractivity contribution in [2.45, 2.75) is 82.7 Å². The maximum absolute atomic E-state index is 13.2. The van der Waals surface area contributed by atoms with Crippen LogP contribution in [0.2, 0.25) is 0 Å². The summed E-state index contributed by atoms with van der Waals surface area (Å²) in [5, 5.41) is 33.6. The number of carbonyl (C=O) groups is 2. The van der Waals surface area contributed by atoms with Gasteiger partial charge in [0.1, 0.15) is 24.4 Å². The van der Waals surface area contributed by atoms with Gasteiger partial charge in [0.05, 0.1) is 5.56 Å². The number of hydrogen-bond donors (Lipinski definition) is 4. The second-order valence-corrected chi connectivity index (χ2v) is 9.41. The Morgan fingerprint density at radius 3 is 2.54 bits per heavy atom. The first-order chi connectivity index (χ1) is 17.4. The number of benzene rings is 1. The van der Waals surface area contributed by atoms with E-state index < -0.39 is 54.0 Å². The van der Waals surface area contributed by atoms with E-state index in [0.717, 1.165) is 25.7 Å². The van der Waals surface area contributed by atoms with Gasteiger partial charge in [0.15, 0.2) is 6.10 Å². The number of aliphatic hydroxyl groups excluding tert-OH is 3. The molecule has 0 bridgehead atoms. The Kier molecular flexibility index (Phi) is 11.5. The molecule has 1 fully saturated rings. The summed E-state index contributed by atoms with van der Waals surface area (Å²) < 4.78 is 44.3. The zero-order valence-corrected chi connectivity index (χ0v) is 21.3. The van der Waals surface area contributed by atoms with Gasteiger partial charge in [-0.3, -0.25) is 9.59 Å². The van der Waals surface area contributed by atoms with Crippen LogP contribution >= 0.6 is 0 Å². The quantitative estimate of drug-likeness (QED) is 0.326. The Balaban J connectivity index is 2.09. The Morgan fingerprint density at radius 2 is 1.92 bits per heavy atom. The number of halogens is 3. The molecule has 0 aromatic heterocycles. The van der Waals surface area contributed by atoms with Crippen LogP contribution in [-0.2, 0) is 27.0 Å². The fourth-order valence-electron chi connectivity index (χ4n) is 4.05. The molecule has 4 N–H and O–H groups in total. The van der Waals surface area contributed by atoms with Crippen LogP contribution in [0.3, 0.4) is 0 Å². The lowest BCUT2D eigenvalue weighted by Crippen LogP contribution is -2.55. The largest absolute Gasteiger partial charge is 0.416 e. The van der Waals surface area contributed by atoms with Crippen molar-refractivity contribution in [2.24, 2.45) is 5.92 Å².